The lowest BCUT2D eigenvalue weighted by Crippen LogP contribution is -2.38. The number of hydrogen-bond donors (Lipinski definition) is 2. The van der Waals surface area contributed by atoms with Crippen LogP contribution in [0.5, 0.6) is 11.8 Å². The predicted molar refractivity (Wildman–Crippen MR) is 216 cm³/mol. The largest absolute Gasteiger partial charge is 0.481 e. The number of oxazole rings is 1. The van der Waals surface area contributed by atoms with Gasteiger partial charge in [-0.2, -0.15) is 10.2 Å². The highest BCUT2D eigenvalue weighted by Crippen LogP contribution is 2.43. The summed E-state index contributed by atoms with van der Waals surface area (Å²) in [7, 11) is -2.07. The average molecular weight is 841 g/mol. The number of halogens is 2. The minimum atomic E-state index is -3.62. The van der Waals surface area contributed by atoms with E-state index < -0.39 is 32.9 Å². The second-order valence-electron chi connectivity index (χ2n) is 15.9. The lowest BCUT2D eigenvalue weighted by molar-refractivity contribution is -0.122. The third kappa shape index (κ3) is 7.87. The molecule has 306 valence electrons. The number of nitrogens with one attached hydrogen (secondary N) is 1. The number of likely N-dealkylation sites (tertiary alicyclic amines) is 2. The molecule has 0 bridgehead atoms. The molecule has 2 aliphatic carbocycles. The number of benzene rings is 3. The maximum absolute atomic E-state index is 16.7. The zero-order chi connectivity index (χ0) is 41.0. The number of amides is 1. The molecule has 0 unspecified atom stereocenters. The molecule has 0 radical (unpaired) electrons. The summed E-state index contributed by atoms with van der Waals surface area (Å²) in [6, 6.07) is 18.3. The van der Waals surface area contributed by atoms with Crippen molar-refractivity contribution in [3.8, 4) is 40.4 Å². The average Bonchev–Trinajstić information content (AvgIpc) is 3.47. The Bertz CT molecular complexity index is 2630. The van der Waals surface area contributed by atoms with E-state index in [0.717, 1.165) is 28.8 Å². The maximum Gasteiger partial charge on any atom is 0.237 e. The van der Waals surface area contributed by atoms with Gasteiger partial charge in [0.25, 0.3) is 0 Å². The molecular weight excluding hydrogens is 799 g/mol. The van der Waals surface area contributed by atoms with Crippen molar-refractivity contribution < 1.29 is 36.6 Å². The van der Waals surface area contributed by atoms with Crippen LogP contribution in [0.1, 0.15) is 66.0 Å². The molecule has 5 aromatic rings. The number of aliphatic hydroxyl groups is 1. The molecule has 9 rings (SSSR count). The number of ether oxygens (including phenoxy) is 2. The Hall–Kier alpha value is -5.11. The van der Waals surface area contributed by atoms with Gasteiger partial charge in [-0.15, -0.1) is 0 Å². The number of fused-ring (bicyclic) bond motifs is 2. The molecule has 3 aromatic carbocycles. The molecular formula is C43H42ClFN6O7S. The maximum atomic E-state index is 16.7. The zero-order valence-electron chi connectivity index (χ0n) is 32.3. The van der Waals surface area contributed by atoms with Crippen molar-refractivity contribution in [2.24, 2.45) is 5.92 Å². The van der Waals surface area contributed by atoms with E-state index in [2.05, 4.69) is 25.7 Å². The number of sulfonamides is 1. The van der Waals surface area contributed by atoms with Crippen molar-refractivity contribution in [3.05, 3.63) is 93.3 Å². The van der Waals surface area contributed by atoms with Gasteiger partial charge in [0, 0.05) is 43.9 Å². The Morgan fingerprint density at radius 1 is 1.00 bits per heavy atom. The van der Waals surface area contributed by atoms with Crippen LogP contribution in [0.4, 0.5) is 4.39 Å². The van der Waals surface area contributed by atoms with Crippen molar-refractivity contribution in [2.45, 2.75) is 69.1 Å². The third-order valence-corrected chi connectivity index (χ3v) is 13.8. The van der Waals surface area contributed by atoms with Gasteiger partial charge in [-0.05, 0) is 91.6 Å². The van der Waals surface area contributed by atoms with Gasteiger partial charge in [-0.3, -0.25) is 19.3 Å². The number of pyridine rings is 1. The summed E-state index contributed by atoms with van der Waals surface area (Å²) in [5, 5.41) is 19.9. The summed E-state index contributed by atoms with van der Waals surface area (Å²) in [6.07, 6.45) is 2.91. The first-order chi connectivity index (χ1) is 28.5. The Labute approximate surface area is 345 Å². The van der Waals surface area contributed by atoms with Crippen molar-refractivity contribution in [3.63, 3.8) is 0 Å². The number of β-amino-alcohol motifs (C(OH)–C–C–N with tert-alkyl or cyclic N) is 1. The first-order valence-electron chi connectivity index (χ1n) is 19.8. The summed E-state index contributed by atoms with van der Waals surface area (Å²) < 4.78 is 61.6. The number of nitriles is 1. The van der Waals surface area contributed by atoms with Crippen LogP contribution >= 0.6 is 11.6 Å². The Balaban J connectivity index is 0.932. The Morgan fingerprint density at radius 2 is 1.76 bits per heavy atom. The van der Waals surface area contributed by atoms with Crippen LogP contribution in [-0.4, -0.2) is 83.8 Å². The van der Waals surface area contributed by atoms with Crippen molar-refractivity contribution in [2.75, 3.05) is 33.3 Å². The third-order valence-electron chi connectivity index (χ3n) is 11.7. The predicted octanol–water partition coefficient (Wildman–Crippen LogP) is 6.29. The first-order valence-corrected chi connectivity index (χ1v) is 21.7. The van der Waals surface area contributed by atoms with E-state index in [1.54, 1.807) is 43.5 Å². The van der Waals surface area contributed by atoms with E-state index >= 15 is 4.39 Å². The number of carbonyl (C=O) groups is 1. The van der Waals surface area contributed by atoms with Gasteiger partial charge in [-0.1, -0.05) is 41.9 Å². The summed E-state index contributed by atoms with van der Waals surface area (Å²) in [5.41, 5.74) is 5.53. The van der Waals surface area contributed by atoms with Crippen LogP contribution in [0.2, 0.25) is 5.02 Å². The highest BCUT2D eigenvalue weighted by molar-refractivity contribution is 7.90. The van der Waals surface area contributed by atoms with Gasteiger partial charge in [0.2, 0.25) is 33.6 Å². The molecule has 1 amide bonds. The van der Waals surface area contributed by atoms with Gasteiger partial charge in [-0.25, -0.2) is 17.8 Å². The molecule has 0 spiro atoms. The molecule has 4 aliphatic rings. The van der Waals surface area contributed by atoms with Gasteiger partial charge < -0.3 is 19.0 Å². The quantitative estimate of drug-likeness (QED) is 0.144. The second-order valence-corrected chi connectivity index (χ2v) is 18.2. The number of methoxy groups -OCH3 is 1. The van der Waals surface area contributed by atoms with E-state index in [9.17, 15) is 23.6 Å². The summed E-state index contributed by atoms with van der Waals surface area (Å²) in [4.78, 5) is 26.2. The molecule has 3 fully saturated rings. The topological polar surface area (TPSA) is 171 Å². The molecule has 59 heavy (non-hydrogen) atoms. The van der Waals surface area contributed by atoms with E-state index in [1.807, 2.05) is 23.1 Å². The molecule has 16 heteroatoms. The zero-order valence-corrected chi connectivity index (χ0v) is 33.9. The smallest absolute Gasteiger partial charge is 0.237 e. The number of aromatic nitrogens is 2. The van der Waals surface area contributed by atoms with Crippen molar-refractivity contribution >= 4 is 38.6 Å². The molecule has 2 saturated heterocycles. The van der Waals surface area contributed by atoms with E-state index in [0.29, 0.717) is 98.8 Å². The van der Waals surface area contributed by atoms with Gasteiger partial charge >= 0.3 is 0 Å². The first kappa shape index (κ1) is 39.4. The molecule has 2 aromatic heterocycles. The lowest BCUT2D eigenvalue weighted by Gasteiger charge is -2.20. The van der Waals surface area contributed by atoms with Crippen LogP contribution in [0.25, 0.3) is 33.7 Å². The normalized spacial score (nSPS) is 20.8. The van der Waals surface area contributed by atoms with Gasteiger partial charge in [0.1, 0.15) is 28.5 Å². The summed E-state index contributed by atoms with van der Waals surface area (Å²) in [5.74, 6) is -0.769. The van der Waals surface area contributed by atoms with E-state index in [-0.39, 0.29) is 40.7 Å². The highest BCUT2D eigenvalue weighted by atomic mass is 35.5. The second kappa shape index (κ2) is 15.8. The summed E-state index contributed by atoms with van der Waals surface area (Å²) >= 11 is 6.71. The van der Waals surface area contributed by atoms with E-state index in [4.69, 9.17) is 25.5 Å². The standard InChI is InChI=1S/C43H42ClFN6O7S/c1-56-41-27(22-51-15-13-28(52)23-51)18-35(44)43(48-41)57-37-11-10-31-30(4-2-5-32(31)37)33-6-3-7-34(38(33)45)42-47-36-17-24(16-26(19-46)39(36)58-42)20-50-14-12-25(21-50)40(53)49-59(54,55)29-8-9-29/h2-7,16-18,25,28-29,37,52H,8-15,20-23H2,1H3,(H,49,53)/t25-,28-,37-/m1/s1. The van der Waals surface area contributed by atoms with E-state index in [1.165, 1.54) is 0 Å². The molecule has 13 nitrogen and oxygen atoms in total. The fourth-order valence-corrected chi connectivity index (χ4v) is 10.2. The summed E-state index contributed by atoms with van der Waals surface area (Å²) in [6.45, 7) is 3.25. The van der Waals surface area contributed by atoms with Crippen LogP contribution < -0.4 is 14.2 Å². The molecule has 1 saturated carbocycles. The molecule has 4 heterocycles. The fourth-order valence-electron chi connectivity index (χ4n) is 8.61. The Kier molecular flexibility index (Phi) is 10.6. The lowest BCUT2D eigenvalue weighted by atomic mass is 9.95. The van der Waals surface area contributed by atoms with Gasteiger partial charge in [0.05, 0.1) is 35.5 Å². The molecule has 3 atom stereocenters. The number of nitrogens with zero attached hydrogens (tertiary/aromatic N) is 5. The number of rotatable bonds is 12. The number of carbonyl (C=O) groups excluding carboxylic acids is 1. The van der Waals surface area contributed by atoms with Gasteiger partial charge in [0.15, 0.2) is 5.58 Å². The Morgan fingerprint density at radius 3 is 2.53 bits per heavy atom. The monoisotopic (exact) mass is 840 g/mol. The van der Waals surface area contributed by atoms with Crippen LogP contribution in [-0.2, 0) is 34.3 Å². The minimum absolute atomic E-state index is 0.0376. The molecule has 2 aliphatic heterocycles. The van der Waals surface area contributed by atoms with Crippen molar-refractivity contribution in [1.82, 2.24) is 24.5 Å². The van der Waals surface area contributed by atoms with Crippen molar-refractivity contribution in [1.29, 1.82) is 5.26 Å². The number of aliphatic hydroxyl groups excluding tert-OH is 1. The SMILES string of the molecule is COc1nc(O[C@@H]2CCc3c(-c4cccc(-c5nc6cc(CN7CC[C@@H](C(=O)NS(=O)(=O)C8CC8)C7)cc(C#N)c6o5)c4F)cccc32)c(Cl)cc1CN1CC[C@@H](O)C1. The van der Waals surface area contributed by atoms with Crippen LogP contribution in [0.15, 0.2) is 59.0 Å². The number of hydrogen-bond acceptors (Lipinski definition) is 12. The minimum Gasteiger partial charge on any atom is -0.481 e. The fraction of sp³-hybridized carbons (Fsp3) is 0.395. The van der Waals surface area contributed by atoms with Crippen LogP contribution in [0, 0.1) is 23.1 Å². The highest BCUT2D eigenvalue weighted by Gasteiger charge is 2.39. The van der Waals surface area contributed by atoms with Crippen LogP contribution in [0.3, 0.4) is 0 Å². The molecule has 2 N–H and O–H groups in total.